The molecule has 0 aromatic heterocycles. The largest absolute Gasteiger partial charge is 0.397 e. The second-order valence-electron chi connectivity index (χ2n) is 3.31. The van der Waals surface area contributed by atoms with Crippen molar-refractivity contribution < 1.29 is 4.79 Å². The van der Waals surface area contributed by atoms with Gasteiger partial charge in [-0.1, -0.05) is 6.07 Å². The molecule has 0 saturated carbocycles. The summed E-state index contributed by atoms with van der Waals surface area (Å²) in [5, 5.41) is 2.74. The van der Waals surface area contributed by atoms with E-state index in [1.807, 2.05) is 19.1 Å². The van der Waals surface area contributed by atoms with Gasteiger partial charge in [-0.3, -0.25) is 9.79 Å². The highest BCUT2D eigenvalue weighted by Gasteiger charge is 2.14. The summed E-state index contributed by atoms with van der Waals surface area (Å²) >= 11 is 0. The molecule has 0 radical (unpaired) electrons. The molecule has 0 unspecified atom stereocenters. The summed E-state index contributed by atoms with van der Waals surface area (Å²) in [6.45, 7) is 1.83. The van der Waals surface area contributed by atoms with E-state index in [0.29, 0.717) is 17.8 Å². The number of amides is 1. The first kappa shape index (κ1) is 8.74. The molecule has 3 N–H and O–H groups in total. The molecule has 0 bridgehead atoms. The number of hydrogen-bond donors (Lipinski definition) is 2. The minimum absolute atomic E-state index is 0.0668. The van der Waals surface area contributed by atoms with Crippen LogP contribution in [0.25, 0.3) is 0 Å². The average Bonchev–Trinajstić information content (AvgIpc) is 2.23. The summed E-state index contributed by atoms with van der Waals surface area (Å²) in [6.07, 6.45) is 0.327. The normalized spacial score (nSPS) is 15.2. The molecule has 72 valence electrons. The first-order chi connectivity index (χ1) is 6.66. The van der Waals surface area contributed by atoms with Gasteiger partial charge in [-0.15, -0.1) is 0 Å². The Morgan fingerprint density at radius 1 is 1.50 bits per heavy atom. The topological polar surface area (TPSA) is 67.5 Å². The third kappa shape index (κ3) is 1.46. The Labute approximate surface area is 81.8 Å². The van der Waals surface area contributed by atoms with Gasteiger partial charge < -0.3 is 11.1 Å². The maximum Gasteiger partial charge on any atom is 0.230 e. The van der Waals surface area contributed by atoms with E-state index in [4.69, 9.17) is 5.73 Å². The number of anilines is 2. The summed E-state index contributed by atoms with van der Waals surface area (Å²) in [5.74, 6) is -0.0668. The van der Waals surface area contributed by atoms with Gasteiger partial charge in [0.25, 0.3) is 0 Å². The van der Waals surface area contributed by atoms with Crippen molar-refractivity contribution in [1.29, 1.82) is 0 Å². The molecule has 4 nitrogen and oxygen atoms in total. The summed E-state index contributed by atoms with van der Waals surface area (Å²) in [4.78, 5) is 15.7. The summed E-state index contributed by atoms with van der Waals surface area (Å²) in [5.41, 5.74) is 8.43. The van der Waals surface area contributed by atoms with Crippen molar-refractivity contribution in [2.24, 2.45) is 4.99 Å². The number of nitrogens with zero attached hydrogens (tertiary/aromatic N) is 1. The van der Waals surface area contributed by atoms with E-state index in [1.165, 1.54) is 0 Å². The number of carbonyl (C=O) groups is 1. The van der Waals surface area contributed by atoms with Crippen LogP contribution in [-0.4, -0.2) is 11.6 Å². The van der Waals surface area contributed by atoms with Crippen LogP contribution in [0.5, 0.6) is 0 Å². The van der Waals surface area contributed by atoms with Crippen molar-refractivity contribution in [1.82, 2.24) is 0 Å². The SMILES string of the molecule is CC1=Nc2cccc(N)c2NC(=O)C1. The predicted octanol–water partition coefficient (Wildman–Crippen LogP) is 1.70. The lowest BCUT2D eigenvalue weighted by molar-refractivity contribution is -0.115. The fourth-order valence-electron chi connectivity index (χ4n) is 1.45. The van der Waals surface area contributed by atoms with Gasteiger partial charge in [0.05, 0.1) is 23.5 Å². The second-order valence-corrected chi connectivity index (χ2v) is 3.31. The molecule has 4 heteroatoms. The second kappa shape index (κ2) is 3.14. The summed E-state index contributed by atoms with van der Waals surface area (Å²) in [6, 6.07) is 5.40. The molecule has 0 atom stereocenters. The standard InChI is InChI=1S/C10H11N3O/c1-6-5-9(14)13-10-7(11)3-2-4-8(10)12-6/h2-4H,5,11H2,1H3,(H,13,14). The molecule has 1 aliphatic rings. The van der Waals surface area contributed by atoms with Gasteiger partial charge in [0, 0.05) is 5.71 Å². The number of carbonyl (C=O) groups excluding carboxylic acids is 1. The van der Waals surface area contributed by atoms with E-state index in [1.54, 1.807) is 6.07 Å². The zero-order valence-corrected chi connectivity index (χ0v) is 7.87. The Morgan fingerprint density at radius 3 is 3.07 bits per heavy atom. The lowest BCUT2D eigenvalue weighted by atomic mass is 10.2. The Balaban J connectivity index is 2.59. The number of rotatable bonds is 0. The average molecular weight is 189 g/mol. The summed E-state index contributed by atoms with van der Waals surface area (Å²) in [7, 11) is 0. The fraction of sp³-hybridized carbons (Fsp3) is 0.200. The molecular weight excluding hydrogens is 178 g/mol. The molecule has 0 spiro atoms. The van der Waals surface area contributed by atoms with Gasteiger partial charge in [0.1, 0.15) is 0 Å². The maximum atomic E-state index is 11.4. The van der Waals surface area contributed by atoms with Gasteiger partial charge in [-0.25, -0.2) is 0 Å². The van der Waals surface area contributed by atoms with Crippen LogP contribution >= 0.6 is 0 Å². The molecule has 1 amide bonds. The predicted molar refractivity (Wildman–Crippen MR) is 56.9 cm³/mol. The monoisotopic (exact) mass is 189 g/mol. The van der Waals surface area contributed by atoms with Crippen LogP contribution < -0.4 is 11.1 Å². The van der Waals surface area contributed by atoms with Crippen LogP contribution in [0, 0.1) is 0 Å². The van der Waals surface area contributed by atoms with Gasteiger partial charge in [0.2, 0.25) is 5.91 Å². The molecule has 0 fully saturated rings. The highest BCUT2D eigenvalue weighted by molar-refractivity contribution is 6.11. The van der Waals surface area contributed by atoms with Crippen LogP contribution in [0.3, 0.4) is 0 Å². The van der Waals surface area contributed by atoms with Crippen LogP contribution in [0.1, 0.15) is 13.3 Å². The van der Waals surface area contributed by atoms with E-state index in [2.05, 4.69) is 10.3 Å². The van der Waals surface area contributed by atoms with E-state index in [-0.39, 0.29) is 5.91 Å². The number of para-hydroxylation sites is 1. The molecular formula is C10H11N3O. The highest BCUT2D eigenvalue weighted by atomic mass is 16.1. The van der Waals surface area contributed by atoms with Crippen molar-refractivity contribution in [3.63, 3.8) is 0 Å². The van der Waals surface area contributed by atoms with Crippen LogP contribution in [0.2, 0.25) is 0 Å². The number of hydrogen-bond acceptors (Lipinski definition) is 3. The number of fused-ring (bicyclic) bond motifs is 1. The van der Waals surface area contributed by atoms with Gasteiger partial charge in [-0.2, -0.15) is 0 Å². The lowest BCUT2D eigenvalue weighted by Crippen LogP contribution is -2.13. The van der Waals surface area contributed by atoms with Crippen molar-refractivity contribution in [2.75, 3.05) is 11.1 Å². The van der Waals surface area contributed by atoms with Gasteiger partial charge >= 0.3 is 0 Å². The molecule has 0 aliphatic carbocycles. The summed E-state index contributed by atoms with van der Waals surface area (Å²) < 4.78 is 0. The Morgan fingerprint density at radius 2 is 2.29 bits per heavy atom. The van der Waals surface area contributed by atoms with Crippen LogP contribution in [-0.2, 0) is 4.79 Å². The fourth-order valence-corrected chi connectivity index (χ4v) is 1.45. The van der Waals surface area contributed by atoms with Crippen LogP contribution in [0.4, 0.5) is 17.1 Å². The first-order valence-corrected chi connectivity index (χ1v) is 4.39. The number of aliphatic imine (C=N–C) groups is 1. The first-order valence-electron chi connectivity index (χ1n) is 4.39. The maximum absolute atomic E-state index is 11.4. The molecule has 0 saturated heterocycles. The lowest BCUT2D eigenvalue weighted by Gasteiger charge is -2.06. The van der Waals surface area contributed by atoms with E-state index < -0.39 is 0 Å². The highest BCUT2D eigenvalue weighted by Crippen LogP contribution is 2.32. The Hall–Kier alpha value is -1.84. The number of nitrogen functional groups attached to an aromatic ring is 1. The molecule has 1 aromatic carbocycles. The van der Waals surface area contributed by atoms with Crippen molar-refractivity contribution in [3.05, 3.63) is 18.2 Å². The van der Waals surface area contributed by atoms with E-state index >= 15 is 0 Å². The minimum atomic E-state index is -0.0668. The number of nitrogens with two attached hydrogens (primary N) is 1. The van der Waals surface area contributed by atoms with E-state index in [0.717, 1.165) is 11.4 Å². The van der Waals surface area contributed by atoms with Crippen LogP contribution in [0.15, 0.2) is 23.2 Å². The van der Waals surface area contributed by atoms with Gasteiger partial charge in [-0.05, 0) is 19.1 Å². The third-order valence-corrected chi connectivity index (χ3v) is 2.07. The molecule has 1 aliphatic heterocycles. The Bertz CT molecular complexity index is 423. The van der Waals surface area contributed by atoms with Crippen molar-refractivity contribution in [2.45, 2.75) is 13.3 Å². The van der Waals surface area contributed by atoms with Crippen molar-refractivity contribution in [3.8, 4) is 0 Å². The van der Waals surface area contributed by atoms with E-state index in [9.17, 15) is 4.79 Å². The molecule has 2 rings (SSSR count). The third-order valence-electron chi connectivity index (χ3n) is 2.07. The minimum Gasteiger partial charge on any atom is -0.397 e. The quantitative estimate of drug-likeness (QED) is 0.610. The smallest absolute Gasteiger partial charge is 0.230 e. The molecule has 1 heterocycles. The molecule has 1 aromatic rings. The number of benzene rings is 1. The zero-order valence-electron chi connectivity index (χ0n) is 7.87. The van der Waals surface area contributed by atoms with Gasteiger partial charge in [0.15, 0.2) is 0 Å². The zero-order chi connectivity index (χ0) is 10.1. The van der Waals surface area contributed by atoms with Crippen molar-refractivity contribution >= 4 is 28.7 Å². The number of nitrogens with one attached hydrogen (secondary N) is 1. The molecule has 14 heavy (non-hydrogen) atoms. The Kier molecular flexibility index (Phi) is 1.96.